The van der Waals surface area contributed by atoms with E-state index >= 15 is 0 Å². The Morgan fingerprint density at radius 1 is 1.16 bits per heavy atom. The van der Waals surface area contributed by atoms with E-state index in [0.29, 0.717) is 11.5 Å². The van der Waals surface area contributed by atoms with E-state index in [1.807, 2.05) is 0 Å². The lowest BCUT2D eigenvalue weighted by molar-refractivity contribution is 0.149. The normalized spacial score (nSPS) is 43.6. The second-order valence-corrected chi connectivity index (χ2v) is 8.54. The van der Waals surface area contributed by atoms with E-state index in [1.54, 1.807) is 0 Å². The smallest absolute Gasteiger partial charge is 0.00445 e. The van der Waals surface area contributed by atoms with Gasteiger partial charge < -0.3 is 5.73 Å². The quantitative estimate of drug-likeness (QED) is 0.775. The molecule has 6 atom stereocenters. The number of hydrogen-bond donors (Lipinski definition) is 1. The van der Waals surface area contributed by atoms with Crippen LogP contribution in [0.1, 0.15) is 73.1 Å². The Labute approximate surface area is 120 Å². The molecule has 2 aliphatic rings. The van der Waals surface area contributed by atoms with Gasteiger partial charge in [0.15, 0.2) is 0 Å². The van der Waals surface area contributed by atoms with E-state index in [4.69, 9.17) is 5.73 Å². The lowest BCUT2D eigenvalue weighted by Gasteiger charge is -2.34. The van der Waals surface area contributed by atoms with Gasteiger partial charge in [-0.2, -0.15) is 0 Å². The second-order valence-electron chi connectivity index (χ2n) is 8.54. The summed E-state index contributed by atoms with van der Waals surface area (Å²) >= 11 is 0. The Balaban J connectivity index is 2.22. The minimum absolute atomic E-state index is 0.481. The highest BCUT2D eigenvalue weighted by Gasteiger charge is 2.46. The van der Waals surface area contributed by atoms with E-state index in [-0.39, 0.29) is 0 Å². The van der Waals surface area contributed by atoms with E-state index in [9.17, 15) is 0 Å². The zero-order valence-corrected chi connectivity index (χ0v) is 13.8. The molecular weight excluding hydrogens is 230 g/mol. The van der Waals surface area contributed by atoms with Crippen molar-refractivity contribution in [1.29, 1.82) is 0 Å². The molecule has 19 heavy (non-hydrogen) atoms. The number of hydrogen-bond acceptors (Lipinski definition) is 1. The fraction of sp³-hybridized carbons (Fsp3) is 1.00. The van der Waals surface area contributed by atoms with Crippen molar-refractivity contribution in [3.05, 3.63) is 0 Å². The third-order valence-electron chi connectivity index (χ3n) is 6.12. The van der Waals surface area contributed by atoms with Gasteiger partial charge >= 0.3 is 0 Å². The first-order valence-corrected chi connectivity index (χ1v) is 8.59. The van der Waals surface area contributed by atoms with Gasteiger partial charge in [0.25, 0.3) is 0 Å². The highest BCUT2D eigenvalue weighted by Crippen LogP contribution is 2.53. The van der Waals surface area contributed by atoms with Gasteiger partial charge in [-0.3, -0.25) is 0 Å². The third kappa shape index (κ3) is 3.35. The van der Waals surface area contributed by atoms with Crippen molar-refractivity contribution in [3.8, 4) is 0 Å². The lowest BCUT2D eigenvalue weighted by Crippen LogP contribution is -2.27. The van der Waals surface area contributed by atoms with Crippen molar-refractivity contribution in [3.63, 3.8) is 0 Å². The van der Waals surface area contributed by atoms with Crippen molar-refractivity contribution in [2.45, 2.75) is 79.2 Å². The molecule has 0 radical (unpaired) electrons. The van der Waals surface area contributed by atoms with Gasteiger partial charge in [0.05, 0.1) is 0 Å². The highest BCUT2D eigenvalue weighted by molar-refractivity contribution is 4.97. The van der Waals surface area contributed by atoms with Gasteiger partial charge in [0, 0.05) is 6.04 Å². The monoisotopic (exact) mass is 265 g/mol. The summed E-state index contributed by atoms with van der Waals surface area (Å²) in [5.41, 5.74) is 6.84. The second kappa shape index (κ2) is 5.76. The van der Waals surface area contributed by atoms with E-state index in [1.165, 1.54) is 38.5 Å². The molecular formula is C18H35N. The third-order valence-corrected chi connectivity index (χ3v) is 6.12. The van der Waals surface area contributed by atoms with Crippen molar-refractivity contribution in [2.24, 2.45) is 40.7 Å². The molecule has 2 fully saturated rings. The van der Waals surface area contributed by atoms with Crippen molar-refractivity contribution in [2.75, 3.05) is 0 Å². The van der Waals surface area contributed by atoms with Crippen LogP contribution >= 0.6 is 0 Å². The summed E-state index contributed by atoms with van der Waals surface area (Å²) in [4.78, 5) is 0. The summed E-state index contributed by atoms with van der Waals surface area (Å²) in [6.45, 7) is 12.3. The Hall–Kier alpha value is -0.0400. The van der Waals surface area contributed by atoms with Crippen LogP contribution in [-0.4, -0.2) is 6.04 Å². The van der Waals surface area contributed by atoms with Gasteiger partial charge in [-0.25, -0.2) is 0 Å². The maximum atomic E-state index is 6.31. The first-order chi connectivity index (χ1) is 8.84. The van der Waals surface area contributed by atoms with Crippen LogP contribution in [0.4, 0.5) is 0 Å². The molecule has 0 amide bonds. The fourth-order valence-corrected chi connectivity index (χ4v) is 5.48. The zero-order chi connectivity index (χ0) is 14.2. The van der Waals surface area contributed by atoms with Crippen LogP contribution in [0.2, 0.25) is 0 Å². The van der Waals surface area contributed by atoms with Gasteiger partial charge in [0.1, 0.15) is 0 Å². The maximum absolute atomic E-state index is 6.31. The Kier molecular flexibility index (Phi) is 4.65. The molecule has 0 bridgehead atoms. The molecule has 1 nitrogen and oxygen atoms in total. The lowest BCUT2D eigenvalue weighted by atomic mass is 9.71. The molecule has 0 spiro atoms. The summed E-state index contributed by atoms with van der Waals surface area (Å²) in [6.07, 6.45) is 8.13. The van der Waals surface area contributed by atoms with Crippen LogP contribution < -0.4 is 5.73 Å². The van der Waals surface area contributed by atoms with Crippen LogP contribution in [0.15, 0.2) is 0 Å². The molecule has 0 aromatic rings. The minimum atomic E-state index is 0.481. The molecule has 1 heteroatoms. The van der Waals surface area contributed by atoms with Gasteiger partial charge in [0.2, 0.25) is 0 Å². The van der Waals surface area contributed by atoms with E-state index in [2.05, 4.69) is 34.6 Å². The average molecular weight is 265 g/mol. The van der Waals surface area contributed by atoms with Crippen molar-refractivity contribution < 1.29 is 0 Å². The number of nitrogens with two attached hydrogens (primary N) is 1. The van der Waals surface area contributed by atoms with Crippen LogP contribution in [0.25, 0.3) is 0 Å². The van der Waals surface area contributed by atoms with Crippen LogP contribution in [0.5, 0.6) is 0 Å². The van der Waals surface area contributed by atoms with E-state index < -0.39 is 0 Å². The molecule has 112 valence electrons. The molecule has 0 aromatic heterocycles. The van der Waals surface area contributed by atoms with Gasteiger partial charge in [-0.1, -0.05) is 47.5 Å². The largest absolute Gasteiger partial charge is 0.328 e. The SMILES string of the molecule is CCCC(C)C1CC(C)(C)CC(C)C2CC(N)CC21. The molecule has 0 aliphatic heterocycles. The first-order valence-electron chi connectivity index (χ1n) is 8.59. The Morgan fingerprint density at radius 2 is 1.79 bits per heavy atom. The highest BCUT2D eigenvalue weighted by atomic mass is 14.7. The van der Waals surface area contributed by atoms with E-state index in [0.717, 1.165) is 29.6 Å². The molecule has 2 N–H and O–H groups in total. The fourth-order valence-electron chi connectivity index (χ4n) is 5.48. The van der Waals surface area contributed by atoms with Crippen molar-refractivity contribution in [1.82, 2.24) is 0 Å². The Bertz CT molecular complexity index is 296. The van der Waals surface area contributed by atoms with Crippen LogP contribution in [0.3, 0.4) is 0 Å². The molecule has 2 saturated carbocycles. The zero-order valence-electron chi connectivity index (χ0n) is 13.8. The molecule has 0 heterocycles. The topological polar surface area (TPSA) is 26.0 Å². The average Bonchev–Trinajstić information content (AvgIpc) is 2.64. The standard InChI is InChI=1S/C18H35N/c1-6-7-12(2)17-11-18(4,5)10-13(3)15-8-14(19)9-16(15)17/h12-17H,6-11,19H2,1-5H3. The predicted octanol–water partition coefficient (Wildman–Crippen LogP) is 4.85. The summed E-state index contributed by atoms with van der Waals surface area (Å²) in [5, 5.41) is 0. The molecule has 6 unspecified atom stereocenters. The summed E-state index contributed by atoms with van der Waals surface area (Å²) in [6, 6.07) is 0.481. The molecule has 2 aliphatic carbocycles. The maximum Gasteiger partial charge on any atom is 0.00445 e. The minimum Gasteiger partial charge on any atom is -0.328 e. The van der Waals surface area contributed by atoms with Gasteiger partial charge in [-0.15, -0.1) is 0 Å². The predicted molar refractivity (Wildman–Crippen MR) is 83.9 cm³/mol. The Morgan fingerprint density at radius 3 is 2.42 bits per heavy atom. The molecule has 0 aromatic carbocycles. The summed E-state index contributed by atoms with van der Waals surface area (Å²) < 4.78 is 0. The first kappa shape index (κ1) is 15.4. The van der Waals surface area contributed by atoms with Crippen molar-refractivity contribution >= 4 is 0 Å². The molecule has 2 rings (SSSR count). The summed E-state index contributed by atoms with van der Waals surface area (Å²) in [7, 11) is 0. The number of fused-ring (bicyclic) bond motifs is 1. The van der Waals surface area contributed by atoms with Gasteiger partial charge in [-0.05, 0) is 60.7 Å². The molecule has 0 saturated heterocycles. The summed E-state index contributed by atoms with van der Waals surface area (Å²) in [5.74, 6) is 4.48. The van der Waals surface area contributed by atoms with Crippen LogP contribution in [-0.2, 0) is 0 Å². The number of rotatable bonds is 3. The van der Waals surface area contributed by atoms with Crippen LogP contribution in [0, 0.1) is 35.0 Å².